The molecule has 0 aliphatic rings. The molecule has 1 amide bonds. The predicted molar refractivity (Wildman–Crippen MR) is 52.3 cm³/mol. The monoisotopic (exact) mass is 233 g/mol. The maximum absolute atomic E-state index is 11.2. The third kappa shape index (κ3) is 5.30. The number of esters is 2. The van der Waals surface area contributed by atoms with Gasteiger partial charge in [-0.1, -0.05) is 0 Å². The van der Waals surface area contributed by atoms with Gasteiger partial charge in [0.05, 0.1) is 14.2 Å². The third-order valence-corrected chi connectivity index (χ3v) is 1.83. The van der Waals surface area contributed by atoms with Gasteiger partial charge in [-0.05, 0) is 6.42 Å². The Morgan fingerprint density at radius 2 is 1.88 bits per heavy atom. The van der Waals surface area contributed by atoms with Gasteiger partial charge in [0, 0.05) is 6.42 Å². The Bertz CT molecular complexity index is 265. The van der Waals surface area contributed by atoms with Crippen molar-refractivity contribution in [1.82, 2.24) is 5.32 Å². The Morgan fingerprint density at radius 3 is 2.31 bits per heavy atom. The van der Waals surface area contributed by atoms with Gasteiger partial charge in [0.1, 0.15) is 12.6 Å². The Balaban J connectivity index is 4.26. The highest BCUT2D eigenvalue weighted by Crippen LogP contribution is 2.01. The summed E-state index contributed by atoms with van der Waals surface area (Å²) < 4.78 is 8.83. The molecule has 0 rings (SSSR count). The van der Waals surface area contributed by atoms with Crippen LogP contribution < -0.4 is 5.32 Å². The number of hydrogen-bond donors (Lipinski definition) is 2. The molecule has 0 heterocycles. The summed E-state index contributed by atoms with van der Waals surface area (Å²) >= 11 is 0. The highest BCUT2D eigenvalue weighted by Gasteiger charge is 2.22. The lowest BCUT2D eigenvalue weighted by molar-refractivity contribution is -0.146. The molecule has 0 aromatic rings. The minimum Gasteiger partial charge on any atom is -0.469 e. The second-order valence-electron chi connectivity index (χ2n) is 2.92. The number of aliphatic hydroxyl groups is 1. The van der Waals surface area contributed by atoms with Crippen LogP contribution in [-0.2, 0) is 23.9 Å². The van der Waals surface area contributed by atoms with Crippen LogP contribution in [0.1, 0.15) is 12.8 Å². The maximum Gasteiger partial charge on any atom is 0.328 e. The quantitative estimate of drug-likeness (QED) is 0.546. The Kier molecular flexibility index (Phi) is 6.86. The van der Waals surface area contributed by atoms with E-state index >= 15 is 0 Å². The van der Waals surface area contributed by atoms with Crippen LogP contribution in [0.15, 0.2) is 0 Å². The van der Waals surface area contributed by atoms with Gasteiger partial charge < -0.3 is 19.9 Å². The van der Waals surface area contributed by atoms with Crippen molar-refractivity contribution in [3.63, 3.8) is 0 Å². The summed E-state index contributed by atoms with van der Waals surface area (Å²) in [5, 5.41) is 10.7. The first-order chi connectivity index (χ1) is 7.54. The Hall–Kier alpha value is -1.63. The van der Waals surface area contributed by atoms with Gasteiger partial charge >= 0.3 is 11.9 Å². The van der Waals surface area contributed by atoms with E-state index in [1.807, 2.05) is 0 Å². The smallest absolute Gasteiger partial charge is 0.328 e. The molecule has 0 saturated carbocycles. The standard InChI is InChI=1S/C9H15NO6/c1-15-8(13)4-3-6(9(14)16-2)10-7(12)5-11/h6,11H,3-5H2,1-2H3,(H,10,12)/t6-/m1/s1. The van der Waals surface area contributed by atoms with Crippen LogP contribution in [0, 0.1) is 0 Å². The van der Waals surface area contributed by atoms with Gasteiger partial charge in [-0.2, -0.15) is 0 Å². The molecule has 0 unspecified atom stereocenters. The zero-order valence-corrected chi connectivity index (χ0v) is 9.19. The van der Waals surface area contributed by atoms with Crippen molar-refractivity contribution in [3.05, 3.63) is 0 Å². The van der Waals surface area contributed by atoms with E-state index in [-0.39, 0.29) is 12.8 Å². The lowest BCUT2D eigenvalue weighted by Crippen LogP contribution is -2.43. The topological polar surface area (TPSA) is 102 Å². The van der Waals surface area contributed by atoms with E-state index in [0.29, 0.717) is 0 Å². The van der Waals surface area contributed by atoms with E-state index in [1.165, 1.54) is 14.2 Å². The molecule has 2 N–H and O–H groups in total. The number of rotatable bonds is 6. The first-order valence-electron chi connectivity index (χ1n) is 4.60. The van der Waals surface area contributed by atoms with Crippen LogP contribution in [0.5, 0.6) is 0 Å². The minimum absolute atomic E-state index is 0.0258. The van der Waals surface area contributed by atoms with Crippen molar-refractivity contribution < 1.29 is 29.0 Å². The van der Waals surface area contributed by atoms with Gasteiger partial charge in [0.25, 0.3) is 0 Å². The summed E-state index contributed by atoms with van der Waals surface area (Å²) in [6.45, 7) is -0.730. The Labute approximate surface area is 92.7 Å². The van der Waals surface area contributed by atoms with E-state index in [4.69, 9.17) is 5.11 Å². The number of carbonyl (C=O) groups is 3. The third-order valence-electron chi connectivity index (χ3n) is 1.83. The molecule has 0 aliphatic carbocycles. The van der Waals surface area contributed by atoms with Crippen LogP contribution in [0.25, 0.3) is 0 Å². The van der Waals surface area contributed by atoms with Crippen LogP contribution >= 0.6 is 0 Å². The number of ether oxygens (including phenoxy) is 2. The van der Waals surface area contributed by atoms with Crippen molar-refractivity contribution in [1.29, 1.82) is 0 Å². The van der Waals surface area contributed by atoms with Crippen molar-refractivity contribution in [2.45, 2.75) is 18.9 Å². The van der Waals surface area contributed by atoms with E-state index in [9.17, 15) is 14.4 Å². The van der Waals surface area contributed by atoms with E-state index in [0.717, 1.165) is 0 Å². The second kappa shape index (κ2) is 7.63. The molecule has 16 heavy (non-hydrogen) atoms. The summed E-state index contributed by atoms with van der Waals surface area (Å²) in [5.74, 6) is -1.88. The average molecular weight is 233 g/mol. The fourth-order valence-corrected chi connectivity index (χ4v) is 0.995. The highest BCUT2D eigenvalue weighted by molar-refractivity contribution is 5.85. The van der Waals surface area contributed by atoms with Crippen molar-refractivity contribution in [2.24, 2.45) is 0 Å². The molecule has 0 saturated heterocycles. The molecule has 0 radical (unpaired) electrons. The highest BCUT2D eigenvalue weighted by atomic mass is 16.5. The largest absolute Gasteiger partial charge is 0.469 e. The fraction of sp³-hybridized carbons (Fsp3) is 0.667. The van der Waals surface area contributed by atoms with Crippen LogP contribution in [0.3, 0.4) is 0 Å². The summed E-state index contributed by atoms with van der Waals surface area (Å²) in [6, 6.07) is -0.955. The first-order valence-corrected chi connectivity index (χ1v) is 4.60. The van der Waals surface area contributed by atoms with Crippen molar-refractivity contribution in [3.8, 4) is 0 Å². The summed E-state index contributed by atoms with van der Waals surface area (Å²) in [6.07, 6.45) is 0.0348. The van der Waals surface area contributed by atoms with Crippen LogP contribution in [0.2, 0.25) is 0 Å². The molecule has 92 valence electrons. The van der Waals surface area contributed by atoms with E-state index < -0.39 is 30.5 Å². The Morgan fingerprint density at radius 1 is 1.25 bits per heavy atom. The molecule has 0 fully saturated rings. The van der Waals surface area contributed by atoms with Gasteiger partial charge in [-0.25, -0.2) is 4.79 Å². The predicted octanol–water partition coefficient (Wildman–Crippen LogP) is -1.41. The van der Waals surface area contributed by atoms with Gasteiger partial charge in [-0.15, -0.1) is 0 Å². The molecule has 0 aliphatic heterocycles. The number of carbonyl (C=O) groups excluding carboxylic acids is 3. The number of hydrogen-bond acceptors (Lipinski definition) is 6. The average Bonchev–Trinajstić information content (AvgIpc) is 2.32. The number of amides is 1. The SMILES string of the molecule is COC(=O)CC[C@@H](NC(=O)CO)C(=O)OC. The molecule has 0 aromatic heterocycles. The molecule has 0 aromatic carbocycles. The fourth-order valence-electron chi connectivity index (χ4n) is 0.995. The summed E-state index contributed by atoms with van der Waals surface area (Å²) in [4.78, 5) is 32.9. The second-order valence-corrected chi connectivity index (χ2v) is 2.92. The minimum atomic E-state index is -0.955. The normalized spacial score (nSPS) is 11.4. The number of nitrogens with one attached hydrogen (secondary N) is 1. The maximum atomic E-state index is 11.2. The lowest BCUT2D eigenvalue weighted by Gasteiger charge is -2.14. The molecule has 7 nitrogen and oxygen atoms in total. The molecule has 1 atom stereocenters. The zero-order chi connectivity index (χ0) is 12.6. The number of methoxy groups -OCH3 is 2. The van der Waals surface area contributed by atoms with Crippen molar-refractivity contribution in [2.75, 3.05) is 20.8 Å². The number of aliphatic hydroxyl groups excluding tert-OH is 1. The van der Waals surface area contributed by atoms with Gasteiger partial charge in [0.15, 0.2) is 0 Å². The van der Waals surface area contributed by atoms with Gasteiger partial charge in [-0.3, -0.25) is 9.59 Å². The lowest BCUT2D eigenvalue weighted by atomic mass is 10.1. The summed E-state index contributed by atoms with van der Waals surface area (Å²) in [7, 11) is 2.39. The molecular weight excluding hydrogens is 218 g/mol. The summed E-state index contributed by atoms with van der Waals surface area (Å²) in [5.41, 5.74) is 0. The first kappa shape index (κ1) is 14.4. The van der Waals surface area contributed by atoms with E-state index in [2.05, 4.69) is 14.8 Å². The molecule has 0 bridgehead atoms. The molecular formula is C9H15NO6. The van der Waals surface area contributed by atoms with Crippen LogP contribution in [-0.4, -0.2) is 49.8 Å². The van der Waals surface area contributed by atoms with Gasteiger partial charge in [0.2, 0.25) is 5.91 Å². The van der Waals surface area contributed by atoms with E-state index in [1.54, 1.807) is 0 Å². The van der Waals surface area contributed by atoms with Crippen molar-refractivity contribution >= 4 is 17.8 Å². The molecule has 0 spiro atoms. The zero-order valence-electron chi connectivity index (χ0n) is 9.19. The molecule has 7 heteroatoms. The van der Waals surface area contributed by atoms with Crippen LogP contribution in [0.4, 0.5) is 0 Å².